The standard InChI is InChI=1S/C6H9N3S/c1-4-6(5(2)10)8-9(3)7-4/h1-3H3. The molecule has 0 amide bonds. The van der Waals surface area contributed by atoms with Gasteiger partial charge in [0.1, 0.15) is 5.69 Å². The lowest BCUT2D eigenvalue weighted by Crippen LogP contribution is -1.96. The van der Waals surface area contributed by atoms with Crippen LogP contribution in [0.4, 0.5) is 0 Å². The lowest BCUT2D eigenvalue weighted by molar-refractivity contribution is 0.648. The molecule has 0 saturated carbocycles. The molecule has 0 radical (unpaired) electrons. The molecule has 0 atom stereocenters. The van der Waals surface area contributed by atoms with Crippen molar-refractivity contribution in [2.45, 2.75) is 13.8 Å². The Hall–Kier alpha value is -0.770. The van der Waals surface area contributed by atoms with E-state index in [1.165, 1.54) is 4.80 Å². The van der Waals surface area contributed by atoms with Gasteiger partial charge >= 0.3 is 0 Å². The van der Waals surface area contributed by atoms with Crippen molar-refractivity contribution in [3.63, 3.8) is 0 Å². The normalized spacial score (nSPS) is 9.90. The molecule has 0 bridgehead atoms. The molecule has 10 heavy (non-hydrogen) atoms. The molecule has 0 unspecified atom stereocenters. The smallest absolute Gasteiger partial charge is 0.122 e. The second-order valence-electron chi connectivity index (χ2n) is 2.18. The predicted molar refractivity (Wildman–Crippen MR) is 43.1 cm³/mol. The van der Waals surface area contributed by atoms with Crippen LogP contribution in [0.25, 0.3) is 0 Å². The molecule has 0 aliphatic rings. The first kappa shape index (κ1) is 7.34. The van der Waals surface area contributed by atoms with Gasteiger partial charge in [0.2, 0.25) is 0 Å². The summed E-state index contributed by atoms with van der Waals surface area (Å²) in [5.41, 5.74) is 1.73. The van der Waals surface area contributed by atoms with Gasteiger partial charge in [-0.2, -0.15) is 15.0 Å². The van der Waals surface area contributed by atoms with Gasteiger partial charge in [-0.15, -0.1) is 0 Å². The molecule has 1 rings (SSSR count). The molecule has 4 heteroatoms. The monoisotopic (exact) mass is 155 g/mol. The number of rotatable bonds is 1. The number of hydrogen-bond donors (Lipinski definition) is 0. The minimum Gasteiger partial charge on any atom is -0.187 e. The third-order valence-electron chi connectivity index (χ3n) is 1.22. The van der Waals surface area contributed by atoms with Crippen molar-refractivity contribution in [3.8, 4) is 0 Å². The molecule has 0 fully saturated rings. The molecule has 0 aliphatic carbocycles. The third-order valence-corrected chi connectivity index (χ3v) is 1.41. The Kier molecular flexibility index (Phi) is 1.80. The van der Waals surface area contributed by atoms with E-state index >= 15 is 0 Å². The highest BCUT2D eigenvalue weighted by Gasteiger charge is 2.04. The van der Waals surface area contributed by atoms with Crippen LogP contribution in [0.2, 0.25) is 0 Å². The highest BCUT2D eigenvalue weighted by Crippen LogP contribution is 2.01. The van der Waals surface area contributed by atoms with Gasteiger partial charge in [-0.3, -0.25) is 0 Å². The zero-order chi connectivity index (χ0) is 7.72. The number of hydrogen-bond acceptors (Lipinski definition) is 3. The fourth-order valence-corrected chi connectivity index (χ4v) is 1.02. The van der Waals surface area contributed by atoms with E-state index in [2.05, 4.69) is 10.2 Å². The van der Waals surface area contributed by atoms with Crippen molar-refractivity contribution in [2.24, 2.45) is 7.05 Å². The summed E-state index contributed by atoms with van der Waals surface area (Å²) >= 11 is 4.95. The zero-order valence-electron chi connectivity index (χ0n) is 6.25. The lowest BCUT2D eigenvalue weighted by Gasteiger charge is -1.87. The first-order valence-electron chi connectivity index (χ1n) is 3.00. The summed E-state index contributed by atoms with van der Waals surface area (Å²) in [4.78, 5) is 2.33. The highest BCUT2D eigenvalue weighted by atomic mass is 32.1. The van der Waals surface area contributed by atoms with Crippen LogP contribution in [0.1, 0.15) is 18.3 Å². The predicted octanol–water partition coefficient (Wildman–Crippen LogP) is 0.861. The fourth-order valence-electron chi connectivity index (χ4n) is 0.829. The first-order chi connectivity index (χ1) is 4.61. The van der Waals surface area contributed by atoms with E-state index in [-0.39, 0.29) is 0 Å². The SMILES string of the molecule is CC(=S)c1nn(C)nc1C. The first-order valence-corrected chi connectivity index (χ1v) is 3.41. The van der Waals surface area contributed by atoms with Crippen LogP contribution >= 0.6 is 12.2 Å². The molecule has 0 spiro atoms. The number of nitrogens with zero attached hydrogens (tertiary/aromatic N) is 3. The summed E-state index contributed by atoms with van der Waals surface area (Å²) in [6.45, 7) is 3.75. The van der Waals surface area contributed by atoms with Gasteiger partial charge in [0.15, 0.2) is 0 Å². The molecule has 0 N–H and O–H groups in total. The van der Waals surface area contributed by atoms with Crippen LogP contribution in [0.15, 0.2) is 0 Å². The maximum Gasteiger partial charge on any atom is 0.122 e. The minimum absolute atomic E-state index is 0.797. The minimum atomic E-state index is 0.797. The van der Waals surface area contributed by atoms with E-state index in [9.17, 15) is 0 Å². The van der Waals surface area contributed by atoms with Gasteiger partial charge in [-0.1, -0.05) is 12.2 Å². The number of aromatic nitrogens is 3. The Labute approximate surface area is 65.0 Å². The Morgan fingerprint density at radius 1 is 1.50 bits per heavy atom. The Morgan fingerprint density at radius 2 is 2.10 bits per heavy atom. The number of aryl methyl sites for hydroxylation is 2. The second-order valence-corrected chi connectivity index (χ2v) is 2.79. The van der Waals surface area contributed by atoms with Crippen LogP contribution in [0.3, 0.4) is 0 Å². The Morgan fingerprint density at radius 3 is 2.30 bits per heavy atom. The van der Waals surface area contributed by atoms with E-state index in [1.807, 2.05) is 13.8 Å². The lowest BCUT2D eigenvalue weighted by atomic mass is 10.3. The van der Waals surface area contributed by atoms with Crippen molar-refractivity contribution >= 4 is 17.1 Å². The second kappa shape index (κ2) is 2.46. The van der Waals surface area contributed by atoms with Crippen LogP contribution in [-0.4, -0.2) is 19.9 Å². The maximum atomic E-state index is 4.95. The van der Waals surface area contributed by atoms with Gasteiger partial charge in [-0.05, 0) is 13.8 Å². The molecule has 1 aromatic rings. The molecular formula is C6H9N3S. The van der Waals surface area contributed by atoms with Crippen molar-refractivity contribution in [1.82, 2.24) is 15.0 Å². The molecule has 1 heterocycles. The Bertz CT molecular complexity index is 264. The van der Waals surface area contributed by atoms with E-state index in [0.29, 0.717) is 0 Å². The van der Waals surface area contributed by atoms with Gasteiger partial charge in [0.25, 0.3) is 0 Å². The molecule has 1 aromatic heterocycles. The summed E-state index contributed by atoms with van der Waals surface area (Å²) < 4.78 is 0. The molecule has 0 saturated heterocycles. The van der Waals surface area contributed by atoms with Crippen molar-refractivity contribution in [2.75, 3.05) is 0 Å². The van der Waals surface area contributed by atoms with Crippen LogP contribution in [0.5, 0.6) is 0 Å². The van der Waals surface area contributed by atoms with Crippen molar-refractivity contribution in [3.05, 3.63) is 11.4 Å². The summed E-state index contributed by atoms with van der Waals surface area (Å²) in [6, 6.07) is 0. The third kappa shape index (κ3) is 1.21. The number of thiocarbonyl (C=S) groups is 1. The topological polar surface area (TPSA) is 30.7 Å². The highest BCUT2D eigenvalue weighted by molar-refractivity contribution is 7.80. The van der Waals surface area contributed by atoms with E-state index in [0.717, 1.165) is 16.3 Å². The average Bonchev–Trinajstić information content (AvgIpc) is 2.10. The van der Waals surface area contributed by atoms with Gasteiger partial charge < -0.3 is 0 Å². The summed E-state index contributed by atoms with van der Waals surface area (Å²) in [5.74, 6) is 0. The van der Waals surface area contributed by atoms with E-state index in [1.54, 1.807) is 7.05 Å². The van der Waals surface area contributed by atoms with Gasteiger partial charge in [0.05, 0.1) is 5.69 Å². The summed E-state index contributed by atoms with van der Waals surface area (Å²) in [5, 5.41) is 8.12. The zero-order valence-corrected chi connectivity index (χ0v) is 7.07. The van der Waals surface area contributed by atoms with Gasteiger partial charge in [-0.25, -0.2) is 0 Å². The molecular weight excluding hydrogens is 146 g/mol. The summed E-state index contributed by atoms with van der Waals surface area (Å²) in [6.07, 6.45) is 0. The van der Waals surface area contributed by atoms with Crippen molar-refractivity contribution in [1.29, 1.82) is 0 Å². The molecule has 0 aliphatic heterocycles. The average molecular weight is 155 g/mol. The van der Waals surface area contributed by atoms with Crippen molar-refractivity contribution < 1.29 is 0 Å². The fraction of sp³-hybridized carbons (Fsp3) is 0.500. The molecule has 0 aromatic carbocycles. The van der Waals surface area contributed by atoms with Crippen LogP contribution < -0.4 is 0 Å². The Balaban J connectivity index is 3.15. The van der Waals surface area contributed by atoms with E-state index < -0.39 is 0 Å². The quantitative estimate of drug-likeness (QED) is 0.445. The summed E-state index contributed by atoms with van der Waals surface area (Å²) in [7, 11) is 1.79. The van der Waals surface area contributed by atoms with Gasteiger partial charge in [0, 0.05) is 11.9 Å². The molecule has 3 nitrogen and oxygen atoms in total. The maximum absolute atomic E-state index is 4.95. The van der Waals surface area contributed by atoms with Crippen LogP contribution in [-0.2, 0) is 7.05 Å². The van der Waals surface area contributed by atoms with E-state index in [4.69, 9.17) is 12.2 Å². The largest absolute Gasteiger partial charge is 0.187 e. The molecule has 54 valence electrons. The van der Waals surface area contributed by atoms with Crippen LogP contribution in [0, 0.1) is 6.92 Å².